The van der Waals surface area contributed by atoms with E-state index in [9.17, 15) is 18.3 Å². The summed E-state index contributed by atoms with van der Waals surface area (Å²) in [5.74, 6) is 0.330. The topological polar surface area (TPSA) is 61.4 Å². The van der Waals surface area contributed by atoms with Crippen LogP contribution in [0, 0.1) is 0 Å². The highest BCUT2D eigenvalue weighted by Crippen LogP contribution is 2.46. The molecule has 1 aromatic heterocycles. The van der Waals surface area contributed by atoms with Crippen LogP contribution < -0.4 is 4.74 Å². The number of ether oxygens (including phenoxy) is 1. The Balaban J connectivity index is 1.66. The van der Waals surface area contributed by atoms with Crippen molar-refractivity contribution in [2.45, 2.75) is 43.6 Å². The average molecular weight is 435 g/mol. The number of nitrogens with one attached hydrogen (secondary N) is 1. The van der Waals surface area contributed by atoms with Gasteiger partial charge in [-0.1, -0.05) is 44.2 Å². The van der Waals surface area contributed by atoms with E-state index in [1.165, 1.54) is 11.9 Å². The molecule has 1 unspecified atom stereocenters. The zero-order valence-corrected chi connectivity index (χ0v) is 17.1. The van der Waals surface area contributed by atoms with Gasteiger partial charge in [-0.2, -0.15) is 18.3 Å². The molecular formula is C21H20F3N3O2S. The first-order valence-electron chi connectivity index (χ1n) is 9.37. The van der Waals surface area contributed by atoms with Gasteiger partial charge in [0.25, 0.3) is 0 Å². The minimum absolute atomic E-state index is 0.0698. The molecule has 9 heteroatoms. The number of fused-ring (bicyclic) bond motifs is 1. The molecule has 0 bridgehead atoms. The molecule has 0 saturated heterocycles. The van der Waals surface area contributed by atoms with Crippen LogP contribution in [0.25, 0.3) is 0 Å². The number of hydrogen-bond donors (Lipinski definition) is 2. The third-order valence-corrected chi connectivity index (χ3v) is 5.93. The predicted molar refractivity (Wildman–Crippen MR) is 107 cm³/mol. The van der Waals surface area contributed by atoms with Crippen LogP contribution in [0.2, 0.25) is 0 Å². The number of aromatic amines is 1. The highest BCUT2D eigenvalue weighted by atomic mass is 32.2. The fourth-order valence-corrected chi connectivity index (χ4v) is 4.58. The molecule has 2 heterocycles. The van der Waals surface area contributed by atoms with Crippen LogP contribution in [-0.4, -0.2) is 19.6 Å². The van der Waals surface area contributed by atoms with Gasteiger partial charge in [0, 0.05) is 23.1 Å². The third-order valence-electron chi connectivity index (χ3n) is 4.81. The van der Waals surface area contributed by atoms with Crippen LogP contribution in [-0.2, 0) is 12.7 Å². The Morgan fingerprint density at radius 3 is 2.53 bits per heavy atom. The lowest BCUT2D eigenvalue weighted by atomic mass is 9.96. The fraction of sp³-hybridized carbons (Fsp3) is 0.286. The summed E-state index contributed by atoms with van der Waals surface area (Å²) < 4.78 is 46.7. The molecule has 5 nitrogen and oxygen atoms in total. The molecule has 0 aliphatic carbocycles. The van der Waals surface area contributed by atoms with Crippen molar-refractivity contribution < 1.29 is 23.0 Å². The molecule has 4 rings (SSSR count). The molecule has 0 saturated carbocycles. The first-order valence-corrected chi connectivity index (χ1v) is 10.1. The number of benzene rings is 2. The number of alkyl halides is 3. The first kappa shape index (κ1) is 20.6. The van der Waals surface area contributed by atoms with Crippen molar-refractivity contribution >= 4 is 11.9 Å². The number of hydrogen-bond acceptors (Lipinski definition) is 5. The lowest BCUT2D eigenvalue weighted by Crippen LogP contribution is -2.24. The molecule has 158 valence electrons. The third kappa shape index (κ3) is 4.13. The van der Waals surface area contributed by atoms with Crippen LogP contribution in [0.4, 0.5) is 13.2 Å². The zero-order chi connectivity index (χ0) is 21.5. The molecule has 2 aromatic carbocycles. The van der Waals surface area contributed by atoms with E-state index < -0.39 is 18.1 Å². The number of H-pyrrole nitrogens is 1. The Bertz CT molecular complexity index is 1040. The van der Waals surface area contributed by atoms with E-state index in [-0.39, 0.29) is 17.5 Å². The zero-order valence-electron chi connectivity index (χ0n) is 16.3. The number of rotatable bonds is 5. The molecular weight excluding hydrogens is 415 g/mol. The summed E-state index contributed by atoms with van der Waals surface area (Å²) in [6.45, 7) is 4.63. The Morgan fingerprint density at radius 1 is 1.17 bits per heavy atom. The van der Waals surface area contributed by atoms with Gasteiger partial charge >= 0.3 is 6.18 Å². The van der Waals surface area contributed by atoms with Gasteiger partial charge in [0.1, 0.15) is 5.75 Å². The summed E-state index contributed by atoms with van der Waals surface area (Å²) in [7, 11) is 0. The maximum Gasteiger partial charge on any atom is 0.435 e. The van der Waals surface area contributed by atoms with Crippen molar-refractivity contribution in [2.24, 2.45) is 0 Å². The van der Waals surface area contributed by atoms with Crippen molar-refractivity contribution in [3.8, 4) is 11.6 Å². The van der Waals surface area contributed by atoms with E-state index >= 15 is 0 Å². The molecule has 0 fully saturated rings. The van der Waals surface area contributed by atoms with Crippen molar-refractivity contribution in [3.63, 3.8) is 0 Å². The van der Waals surface area contributed by atoms with Gasteiger partial charge in [-0.15, -0.1) is 0 Å². The van der Waals surface area contributed by atoms with Crippen molar-refractivity contribution in [1.82, 2.24) is 14.5 Å². The molecule has 30 heavy (non-hydrogen) atoms. The summed E-state index contributed by atoms with van der Waals surface area (Å²) in [6.07, 6.45) is -5.21. The van der Waals surface area contributed by atoms with Crippen molar-refractivity contribution in [3.05, 3.63) is 70.9 Å². The second-order valence-corrected chi connectivity index (χ2v) is 8.42. The molecule has 2 N–H and O–H groups in total. The minimum Gasteiger partial charge on any atom is -0.508 e. The van der Waals surface area contributed by atoms with Crippen molar-refractivity contribution in [1.29, 1.82) is 0 Å². The van der Waals surface area contributed by atoms with Crippen molar-refractivity contribution in [2.75, 3.05) is 0 Å². The quantitative estimate of drug-likeness (QED) is 0.492. The average Bonchev–Trinajstić information content (AvgIpc) is 3.32. The second-order valence-electron chi connectivity index (χ2n) is 7.33. The van der Waals surface area contributed by atoms with E-state index in [0.29, 0.717) is 6.54 Å². The number of aromatic nitrogens is 2. The first-order chi connectivity index (χ1) is 14.2. The largest absolute Gasteiger partial charge is 0.508 e. The lowest BCUT2D eigenvalue weighted by molar-refractivity contribution is -0.141. The highest BCUT2D eigenvalue weighted by molar-refractivity contribution is 7.97. The Morgan fingerprint density at radius 2 is 1.90 bits per heavy atom. The second kappa shape index (κ2) is 7.88. The summed E-state index contributed by atoms with van der Waals surface area (Å²) in [4.78, 5) is 0.906. The normalized spacial score (nSPS) is 15.4. The van der Waals surface area contributed by atoms with Gasteiger partial charge in [0.15, 0.2) is 11.9 Å². The monoisotopic (exact) mass is 435 g/mol. The van der Waals surface area contributed by atoms with E-state index in [2.05, 4.69) is 24.0 Å². The molecule has 1 aliphatic rings. The van der Waals surface area contributed by atoms with Crippen LogP contribution in [0.3, 0.4) is 0 Å². The van der Waals surface area contributed by atoms with E-state index in [1.54, 1.807) is 12.1 Å². The molecule has 3 aromatic rings. The lowest BCUT2D eigenvalue weighted by Gasteiger charge is -2.26. The predicted octanol–water partition coefficient (Wildman–Crippen LogP) is 5.86. The number of phenolic OH excluding ortho intramolecular Hbond substituents is 1. The van der Waals surface area contributed by atoms with E-state index in [0.717, 1.165) is 27.7 Å². The van der Waals surface area contributed by atoms with Gasteiger partial charge in [-0.05, 0) is 41.1 Å². The van der Waals surface area contributed by atoms with Gasteiger partial charge in [-0.3, -0.25) is 0 Å². The van der Waals surface area contributed by atoms with Gasteiger partial charge < -0.3 is 9.84 Å². The summed E-state index contributed by atoms with van der Waals surface area (Å²) in [5.41, 5.74) is 1.87. The Hall–Kier alpha value is -2.65. The standard InChI is InChI=1S/C21H20F3N3O2S/c1-12(2)15-8-14(28)9-17-16(15)11-27(30-17)20(13-6-4-3-5-7-13)29-19-10-18(25-26-19)21(22,23)24/h3-10,12,20,28H,11H2,1-2H3,(H,25,26). The SMILES string of the molecule is CC(C)c1cc(O)cc2c1CN(C(Oc1cc(C(F)(F)F)n[nH]1)c1ccccc1)S2. The van der Waals surface area contributed by atoms with E-state index in [1.807, 2.05) is 34.6 Å². The van der Waals surface area contributed by atoms with Crippen LogP contribution in [0.5, 0.6) is 11.6 Å². The number of halogens is 3. The highest BCUT2D eigenvalue weighted by Gasteiger charge is 2.36. The fourth-order valence-electron chi connectivity index (χ4n) is 3.40. The number of nitrogens with zero attached hydrogens (tertiary/aromatic N) is 2. The molecule has 0 amide bonds. The summed E-state index contributed by atoms with van der Waals surface area (Å²) >= 11 is 1.41. The minimum atomic E-state index is -4.55. The Labute approximate surface area is 176 Å². The van der Waals surface area contributed by atoms with Crippen LogP contribution >= 0.6 is 11.9 Å². The van der Waals surface area contributed by atoms with Gasteiger partial charge in [0.2, 0.25) is 5.88 Å². The van der Waals surface area contributed by atoms with Crippen LogP contribution in [0.1, 0.15) is 48.4 Å². The smallest absolute Gasteiger partial charge is 0.435 e. The molecule has 0 radical (unpaired) electrons. The summed E-state index contributed by atoms with van der Waals surface area (Å²) in [5, 5.41) is 15.7. The van der Waals surface area contributed by atoms with Gasteiger partial charge in [0.05, 0.1) is 0 Å². The van der Waals surface area contributed by atoms with Crippen LogP contribution in [0.15, 0.2) is 53.4 Å². The summed E-state index contributed by atoms with van der Waals surface area (Å²) in [6, 6.07) is 13.6. The number of aromatic hydroxyl groups is 1. The Kier molecular flexibility index (Phi) is 5.42. The molecule has 1 atom stereocenters. The van der Waals surface area contributed by atoms with Gasteiger partial charge in [-0.25, -0.2) is 9.40 Å². The number of phenols is 1. The molecule has 0 spiro atoms. The maximum absolute atomic E-state index is 12.9. The molecule has 1 aliphatic heterocycles. The maximum atomic E-state index is 12.9. The van der Waals surface area contributed by atoms with E-state index in [4.69, 9.17) is 4.74 Å².